The SMILES string of the molecule is Nc1c(C(=O)NCc2ccc(F)cc2)c2nc3ccccc3nc2n1/N=C\c1ccncc1. The summed E-state index contributed by atoms with van der Waals surface area (Å²) < 4.78 is 14.6. The molecule has 0 bridgehead atoms. The first-order valence-electron chi connectivity index (χ1n) is 10.1. The molecular weight excluding hydrogens is 421 g/mol. The van der Waals surface area contributed by atoms with Crippen LogP contribution in [0, 0.1) is 5.82 Å². The van der Waals surface area contributed by atoms with E-state index >= 15 is 0 Å². The monoisotopic (exact) mass is 439 g/mol. The molecule has 1 amide bonds. The number of hydrogen-bond acceptors (Lipinski definition) is 6. The molecule has 3 N–H and O–H groups in total. The van der Waals surface area contributed by atoms with Crippen LogP contribution in [0.3, 0.4) is 0 Å². The Labute approximate surface area is 187 Å². The molecule has 0 fully saturated rings. The van der Waals surface area contributed by atoms with Crippen LogP contribution in [0.15, 0.2) is 78.2 Å². The molecule has 8 nitrogen and oxygen atoms in total. The predicted octanol–water partition coefficient (Wildman–Crippen LogP) is 3.51. The number of fused-ring (bicyclic) bond motifs is 2. The van der Waals surface area contributed by atoms with E-state index in [-0.39, 0.29) is 23.7 Å². The van der Waals surface area contributed by atoms with Gasteiger partial charge < -0.3 is 11.1 Å². The maximum Gasteiger partial charge on any atom is 0.257 e. The van der Waals surface area contributed by atoms with Crippen molar-refractivity contribution in [2.75, 3.05) is 5.73 Å². The summed E-state index contributed by atoms with van der Waals surface area (Å²) in [6.07, 6.45) is 4.91. The lowest BCUT2D eigenvalue weighted by atomic mass is 10.2. The molecule has 3 heterocycles. The summed E-state index contributed by atoms with van der Waals surface area (Å²) in [5.74, 6) is -0.655. The van der Waals surface area contributed by atoms with Gasteiger partial charge in [-0.1, -0.05) is 24.3 Å². The normalized spacial score (nSPS) is 11.4. The van der Waals surface area contributed by atoms with E-state index in [0.29, 0.717) is 22.2 Å². The second-order valence-corrected chi connectivity index (χ2v) is 7.29. The van der Waals surface area contributed by atoms with Gasteiger partial charge in [-0.05, 0) is 47.5 Å². The molecule has 5 rings (SSSR count). The number of nitrogens with two attached hydrogens (primary N) is 1. The lowest BCUT2D eigenvalue weighted by molar-refractivity contribution is 0.0953. The standard InChI is InChI=1S/C24H18FN7O/c25-17-7-5-15(6-8-17)13-28-24(33)20-21-23(31-19-4-2-1-3-18(19)30-21)32(22(20)26)29-14-16-9-11-27-12-10-16/h1-12,14H,13,26H2,(H,28,33)/b29-14-. The quantitative estimate of drug-likeness (QED) is 0.407. The summed E-state index contributed by atoms with van der Waals surface area (Å²) >= 11 is 0. The van der Waals surface area contributed by atoms with Crippen LogP contribution in [0.4, 0.5) is 10.2 Å². The van der Waals surface area contributed by atoms with Crippen molar-refractivity contribution in [2.24, 2.45) is 5.10 Å². The molecule has 2 aromatic carbocycles. The van der Waals surface area contributed by atoms with E-state index in [2.05, 4.69) is 25.4 Å². The molecule has 3 aromatic heterocycles. The van der Waals surface area contributed by atoms with Crippen LogP contribution in [0.25, 0.3) is 22.2 Å². The van der Waals surface area contributed by atoms with Crippen LogP contribution in [-0.4, -0.2) is 31.7 Å². The van der Waals surface area contributed by atoms with Crippen LogP contribution < -0.4 is 11.1 Å². The molecule has 0 saturated carbocycles. The number of benzene rings is 2. The van der Waals surface area contributed by atoms with Gasteiger partial charge in [-0.25, -0.2) is 14.4 Å². The van der Waals surface area contributed by atoms with Crippen molar-refractivity contribution in [3.8, 4) is 0 Å². The van der Waals surface area contributed by atoms with E-state index in [1.54, 1.807) is 42.9 Å². The highest BCUT2D eigenvalue weighted by Crippen LogP contribution is 2.28. The highest BCUT2D eigenvalue weighted by molar-refractivity contribution is 6.10. The highest BCUT2D eigenvalue weighted by atomic mass is 19.1. The van der Waals surface area contributed by atoms with E-state index in [1.165, 1.54) is 16.8 Å². The first kappa shape index (κ1) is 20.3. The molecule has 33 heavy (non-hydrogen) atoms. The van der Waals surface area contributed by atoms with E-state index in [1.807, 2.05) is 24.3 Å². The zero-order valence-corrected chi connectivity index (χ0v) is 17.3. The zero-order valence-electron chi connectivity index (χ0n) is 17.3. The van der Waals surface area contributed by atoms with Gasteiger partial charge in [0.05, 0.1) is 17.2 Å². The first-order valence-corrected chi connectivity index (χ1v) is 10.1. The highest BCUT2D eigenvalue weighted by Gasteiger charge is 2.24. The molecule has 0 aliphatic heterocycles. The van der Waals surface area contributed by atoms with Crippen molar-refractivity contribution in [1.82, 2.24) is 24.9 Å². The number of anilines is 1. The van der Waals surface area contributed by atoms with E-state index in [0.717, 1.165) is 11.1 Å². The van der Waals surface area contributed by atoms with E-state index < -0.39 is 5.91 Å². The van der Waals surface area contributed by atoms with Gasteiger partial charge in [-0.15, -0.1) is 0 Å². The Kier molecular flexibility index (Phi) is 5.19. The smallest absolute Gasteiger partial charge is 0.257 e. The Morgan fingerprint density at radius 1 is 1.03 bits per heavy atom. The van der Waals surface area contributed by atoms with Crippen molar-refractivity contribution in [3.05, 3.63) is 95.6 Å². The summed E-state index contributed by atoms with van der Waals surface area (Å²) in [5.41, 5.74) is 10.1. The summed E-state index contributed by atoms with van der Waals surface area (Å²) in [7, 11) is 0. The number of nitrogens with one attached hydrogen (secondary N) is 1. The number of aromatic nitrogens is 4. The fourth-order valence-electron chi connectivity index (χ4n) is 3.44. The lowest BCUT2D eigenvalue weighted by Gasteiger charge is -2.06. The van der Waals surface area contributed by atoms with Gasteiger partial charge in [-0.2, -0.15) is 9.78 Å². The minimum Gasteiger partial charge on any atom is -0.383 e. The van der Waals surface area contributed by atoms with Gasteiger partial charge in [-0.3, -0.25) is 9.78 Å². The third-order valence-corrected chi connectivity index (χ3v) is 5.10. The average Bonchev–Trinajstić information content (AvgIpc) is 3.11. The van der Waals surface area contributed by atoms with Crippen molar-refractivity contribution in [3.63, 3.8) is 0 Å². The van der Waals surface area contributed by atoms with E-state index in [4.69, 9.17) is 5.73 Å². The van der Waals surface area contributed by atoms with Gasteiger partial charge in [0.2, 0.25) is 0 Å². The average molecular weight is 439 g/mol. The van der Waals surface area contributed by atoms with Crippen molar-refractivity contribution >= 4 is 40.1 Å². The molecule has 0 aliphatic rings. The fourth-order valence-corrected chi connectivity index (χ4v) is 3.44. The maximum atomic E-state index is 13.2. The van der Waals surface area contributed by atoms with Crippen LogP contribution in [0.5, 0.6) is 0 Å². The molecular formula is C24H18FN7O. The Hall–Kier alpha value is -4.66. The first-order chi connectivity index (χ1) is 16.1. The molecule has 0 radical (unpaired) electrons. The molecule has 0 unspecified atom stereocenters. The van der Waals surface area contributed by atoms with Crippen molar-refractivity contribution in [2.45, 2.75) is 6.54 Å². The second kappa shape index (κ2) is 8.46. The summed E-state index contributed by atoms with van der Waals surface area (Å²) in [6, 6.07) is 16.8. The molecule has 0 saturated heterocycles. The predicted molar refractivity (Wildman–Crippen MR) is 124 cm³/mol. The molecule has 0 atom stereocenters. The van der Waals surface area contributed by atoms with Gasteiger partial charge in [0, 0.05) is 18.9 Å². The van der Waals surface area contributed by atoms with Gasteiger partial charge in [0.1, 0.15) is 22.7 Å². The number of pyridine rings is 1. The third-order valence-electron chi connectivity index (χ3n) is 5.10. The minimum atomic E-state index is -0.427. The van der Waals surface area contributed by atoms with Gasteiger partial charge in [0.15, 0.2) is 5.65 Å². The number of hydrogen-bond donors (Lipinski definition) is 2. The molecule has 162 valence electrons. The summed E-state index contributed by atoms with van der Waals surface area (Å²) in [6.45, 7) is 0.201. The van der Waals surface area contributed by atoms with E-state index in [9.17, 15) is 9.18 Å². The van der Waals surface area contributed by atoms with Gasteiger partial charge >= 0.3 is 0 Å². The second-order valence-electron chi connectivity index (χ2n) is 7.29. The molecule has 5 aromatic rings. The zero-order chi connectivity index (χ0) is 22.8. The Morgan fingerprint density at radius 3 is 2.45 bits per heavy atom. The summed E-state index contributed by atoms with van der Waals surface area (Å²) in [4.78, 5) is 26.4. The number of halogens is 1. The maximum absolute atomic E-state index is 13.2. The molecule has 0 aliphatic carbocycles. The number of nitrogens with zero attached hydrogens (tertiary/aromatic N) is 5. The van der Waals surface area contributed by atoms with Crippen molar-refractivity contribution < 1.29 is 9.18 Å². The minimum absolute atomic E-state index is 0.113. The van der Waals surface area contributed by atoms with Crippen LogP contribution in [0.2, 0.25) is 0 Å². The summed E-state index contributed by atoms with van der Waals surface area (Å²) in [5, 5.41) is 7.28. The fraction of sp³-hybridized carbons (Fsp3) is 0.0417. The Balaban J connectivity index is 1.58. The topological polar surface area (TPSA) is 111 Å². The lowest BCUT2D eigenvalue weighted by Crippen LogP contribution is -2.23. The van der Waals surface area contributed by atoms with Crippen molar-refractivity contribution in [1.29, 1.82) is 0 Å². The number of nitrogen functional groups attached to an aromatic ring is 1. The largest absolute Gasteiger partial charge is 0.383 e. The molecule has 0 spiro atoms. The molecule has 9 heteroatoms. The van der Waals surface area contributed by atoms with Gasteiger partial charge in [0.25, 0.3) is 5.91 Å². The Bertz CT molecular complexity index is 1490. The van der Waals surface area contributed by atoms with Crippen LogP contribution in [0.1, 0.15) is 21.5 Å². The Morgan fingerprint density at radius 2 is 1.73 bits per heavy atom. The van der Waals surface area contributed by atoms with Crippen LogP contribution >= 0.6 is 0 Å². The number of carbonyl (C=O) groups is 1. The number of rotatable bonds is 5. The van der Waals surface area contributed by atoms with Crippen LogP contribution in [-0.2, 0) is 6.54 Å². The number of amides is 1. The number of para-hydroxylation sites is 2. The number of carbonyl (C=O) groups excluding carboxylic acids is 1. The third kappa shape index (κ3) is 3.99.